The van der Waals surface area contributed by atoms with Crippen LogP contribution < -0.4 is 11.1 Å². The van der Waals surface area contributed by atoms with E-state index >= 15 is 0 Å². The van der Waals surface area contributed by atoms with Crippen molar-refractivity contribution in [2.24, 2.45) is 5.41 Å². The normalized spacial score (nSPS) is 11.2. The van der Waals surface area contributed by atoms with Gasteiger partial charge in [-0.2, -0.15) is 4.98 Å². The molecule has 1 heterocycles. The van der Waals surface area contributed by atoms with E-state index in [-0.39, 0.29) is 22.9 Å². The van der Waals surface area contributed by atoms with Gasteiger partial charge in [0.25, 0.3) is 0 Å². The number of rotatable bonds is 4. The summed E-state index contributed by atoms with van der Waals surface area (Å²) in [6, 6.07) is 0. The highest BCUT2D eigenvalue weighted by Gasteiger charge is 2.17. The molecule has 0 saturated heterocycles. The van der Waals surface area contributed by atoms with Crippen LogP contribution in [0.3, 0.4) is 0 Å². The van der Waals surface area contributed by atoms with Gasteiger partial charge in [0.05, 0.1) is 4.92 Å². The lowest BCUT2D eigenvalue weighted by atomic mass is 9.92. The van der Waals surface area contributed by atoms with E-state index in [1.54, 1.807) is 0 Å². The Hall–Kier alpha value is -1.92. The highest BCUT2D eigenvalue weighted by atomic mass is 16.6. The molecule has 1 rings (SSSR count). The molecule has 0 atom stereocenters. The maximum atomic E-state index is 10.7. The topological polar surface area (TPSA) is 107 Å². The Morgan fingerprint density at radius 3 is 2.71 bits per heavy atom. The Labute approximate surface area is 99.6 Å². The molecule has 0 saturated carbocycles. The van der Waals surface area contributed by atoms with Crippen LogP contribution in [0.5, 0.6) is 0 Å². The van der Waals surface area contributed by atoms with Gasteiger partial charge in [0.2, 0.25) is 11.8 Å². The van der Waals surface area contributed by atoms with Crippen LogP contribution in [-0.4, -0.2) is 21.4 Å². The number of nitrogen functional groups attached to an aromatic ring is 1. The fraction of sp³-hybridized carbons (Fsp3) is 0.600. The summed E-state index contributed by atoms with van der Waals surface area (Å²) in [5.41, 5.74) is 5.39. The summed E-state index contributed by atoms with van der Waals surface area (Å²) in [5, 5.41) is 13.7. The zero-order valence-electron chi connectivity index (χ0n) is 10.2. The first-order chi connectivity index (χ1) is 7.79. The molecule has 0 unspecified atom stereocenters. The first kappa shape index (κ1) is 13.1. The van der Waals surface area contributed by atoms with Gasteiger partial charge in [-0.15, -0.1) is 0 Å². The summed E-state index contributed by atoms with van der Waals surface area (Å²) >= 11 is 0. The highest BCUT2D eigenvalue weighted by Crippen LogP contribution is 2.23. The molecule has 0 aliphatic rings. The zero-order valence-corrected chi connectivity index (χ0v) is 10.2. The summed E-state index contributed by atoms with van der Waals surface area (Å²) in [6.07, 6.45) is 1.98. The summed E-state index contributed by atoms with van der Waals surface area (Å²) in [6.45, 7) is 6.88. The van der Waals surface area contributed by atoms with Gasteiger partial charge in [-0.1, -0.05) is 20.8 Å². The second-order valence-electron chi connectivity index (χ2n) is 4.96. The van der Waals surface area contributed by atoms with Gasteiger partial charge in [-0.25, -0.2) is 4.98 Å². The van der Waals surface area contributed by atoms with Gasteiger partial charge in [-0.3, -0.25) is 10.1 Å². The van der Waals surface area contributed by atoms with Gasteiger partial charge >= 0.3 is 5.69 Å². The van der Waals surface area contributed by atoms with Crippen LogP contribution in [-0.2, 0) is 0 Å². The van der Waals surface area contributed by atoms with Gasteiger partial charge < -0.3 is 11.1 Å². The van der Waals surface area contributed by atoms with Crippen molar-refractivity contribution in [1.29, 1.82) is 0 Å². The minimum atomic E-state index is -0.529. The average Bonchev–Trinajstić information content (AvgIpc) is 2.15. The quantitative estimate of drug-likeness (QED) is 0.613. The smallest absolute Gasteiger partial charge is 0.329 e. The number of hydrogen-bond acceptors (Lipinski definition) is 6. The van der Waals surface area contributed by atoms with Crippen molar-refractivity contribution >= 4 is 17.5 Å². The van der Waals surface area contributed by atoms with E-state index in [0.29, 0.717) is 6.54 Å². The molecular weight excluding hydrogens is 222 g/mol. The van der Waals surface area contributed by atoms with Crippen LogP contribution in [0.15, 0.2) is 6.20 Å². The highest BCUT2D eigenvalue weighted by molar-refractivity contribution is 5.56. The minimum absolute atomic E-state index is 0.0221. The van der Waals surface area contributed by atoms with Crippen LogP contribution in [0.25, 0.3) is 0 Å². The molecule has 3 N–H and O–H groups in total. The van der Waals surface area contributed by atoms with E-state index in [1.807, 2.05) is 0 Å². The average molecular weight is 239 g/mol. The largest absolute Gasteiger partial charge is 0.368 e. The molecule has 0 aromatic carbocycles. The number of nitrogens with zero attached hydrogens (tertiary/aromatic N) is 3. The lowest BCUT2D eigenvalue weighted by Gasteiger charge is -2.18. The maximum absolute atomic E-state index is 10.7. The lowest BCUT2D eigenvalue weighted by molar-refractivity contribution is -0.384. The van der Waals surface area contributed by atoms with Crippen molar-refractivity contribution in [3.8, 4) is 0 Å². The fourth-order valence-electron chi connectivity index (χ4n) is 1.21. The fourth-order valence-corrected chi connectivity index (χ4v) is 1.21. The number of aromatic nitrogens is 2. The van der Waals surface area contributed by atoms with E-state index in [2.05, 4.69) is 36.1 Å². The molecule has 7 heteroatoms. The van der Waals surface area contributed by atoms with E-state index in [0.717, 1.165) is 12.6 Å². The maximum Gasteiger partial charge on any atom is 0.329 e. The van der Waals surface area contributed by atoms with Crippen molar-refractivity contribution in [3.05, 3.63) is 16.3 Å². The van der Waals surface area contributed by atoms with E-state index < -0.39 is 4.92 Å². The predicted molar refractivity (Wildman–Crippen MR) is 65.7 cm³/mol. The SMILES string of the molecule is CC(C)(C)CCNc1nc(N)ncc1[N+](=O)[O-]. The standard InChI is InChI=1S/C10H17N5O2/c1-10(2,3)4-5-12-8-7(15(16)17)6-13-9(11)14-8/h6H,4-5H2,1-3H3,(H3,11,12,13,14). The van der Waals surface area contributed by atoms with E-state index in [9.17, 15) is 10.1 Å². The summed E-state index contributed by atoms with van der Waals surface area (Å²) < 4.78 is 0. The Morgan fingerprint density at radius 2 is 2.18 bits per heavy atom. The third kappa shape index (κ3) is 4.21. The molecule has 94 valence electrons. The van der Waals surface area contributed by atoms with Gasteiger partial charge in [0.15, 0.2) is 0 Å². The molecule has 7 nitrogen and oxygen atoms in total. The van der Waals surface area contributed by atoms with Gasteiger partial charge in [-0.05, 0) is 11.8 Å². The van der Waals surface area contributed by atoms with Crippen molar-refractivity contribution in [3.63, 3.8) is 0 Å². The van der Waals surface area contributed by atoms with Crippen LogP contribution in [0.1, 0.15) is 27.2 Å². The Balaban J connectivity index is 2.75. The monoisotopic (exact) mass is 239 g/mol. The molecule has 0 aliphatic heterocycles. The van der Waals surface area contributed by atoms with Gasteiger partial charge in [0.1, 0.15) is 6.20 Å². The summed E-state index contributed by atoms with van der Waals surface area (Å²) in [5.74, 6) is 0.195. The van der Waals surface area contributed by atoms with Crippen molar-refractivity contribution < 1.29 is 4.92 Å². The molecule has 0 aliphatic carbocycles. The number of anilines is 2. The third-order valence-corrected chi connectivity index (χ3v) is 2.15. The second kappa shape index (κ2) is 4.94. The number of nitrogens with two attached hydrogens (primary N) is 1. The molecular formula is C10H17N5O2. The summed E-state index contributed by atoms with van der Waals surface area (Å²) in [4.78, 5) is 17.6. The van der Waals surface area contributed by atoms with Crippen molar-refractivity contribution in [1.82, 2.24) is 9.97 Å². The molecule has 1 aromatic heterocycles. The number of nitrogens with one attached hydrogen (secondary N) is 1. The zero-order chi connectivity index (χ0) is 13.1. The van der Waals surface area contributed by atoms with Crippen LogP contribution >= 0.6 is 0 Å². The van der Waals surface area contributed by atoms with Crippen molar-refractivity contribution in [2.45, 2.75) is 27.2 Å². The molecule has 0 spiro atoms. The minimum Gasteiger partial charge on any atom is -0.368 e. The van der Waals surface area contributed by atoms with Gasteiger partial charge in [0, 0.05) is 6.54 Å². The molecule has 0 radical (unpaired) electrons. The molecule has 0 bridgehead atoms. The lowest BCUT2D eigenvalue weighted by Crippen LogP contribution is -2.14. The Bertz CT molecular complexity index is 414. The second-order valence-corrected chi connectivity index (χ2v) is 4.96. The Morgan fingerprint density at radius 1 is 1.53 bits per heavy atom. The number of hydrogen-bond donors (Lipinski definition) is 2. The van der Waals surface area contributed by atoms with Crippen LogP contribution in [0.2, 0.25) is 0 Å². The van der Waals surface area contributed by atoms with E-state index in [1.165, 1.54) is 0 Å². The van der Waals surface area contributed by atoms with Crippen LogP contribution in [0.4, 0.5) is 17.5 Å². The molecule has 1 aromatic rings. The van der Waals surface area contributed by atoms with Crippen molar-refractivity contribution in [2.75, 3.05) is 17.6 Å². The number of nitro groups is 1. The predicted octanol–water partition coefficient (Wildman–Crippen LogP) is 1.82. The molecule has 0 amide bonds. The summed E-state index contributed by atoms with van der Waals surface area (Å²) in [7, 11) is 0. The third-order valence-electron chi connectivity index (χ3n) is 2.15. The van der Waals surface area contributed by atoms with Crippen LogP contribution in [0, 0.1) is 15.5 Å². The van der Waals surface area contributed by atoms with E-state index in [4.69, 9.17) is 5.73 Å². The first-order valence-electron chi connectivity index (χ1n) is 5.30. The first-order valence-corrected chi connectivity index (χ1v) is 5.30. The Kier molecular flexibility index (Phi) is 3.82. The molecule has 0 fully saturated rings. The molecule has 17 heavy (non-hydrogen) atoms.